The molecule has 0 radical (unpaired) electrons. The summed E-state index contributed by atoms with van der Waals surface area (Å²) in [5, 5.41) is 3.15. The summed E-state index contributed by atoms with van der Waals surface area (Å²) in [6, 6.07) is 1.80. The molecule has 0 amide bonds. The average Bonchev–Trinajstić information content (AvgIpc) is 2.58. The Labute approximate surface area is 115 Å². The minimum atomic E-state index is -3.38. The van der Waals surface area contributed by atoms with E-state index in [1.54, 1.807) is 6.07 Å². The zero-order valence-corrected chi connectivity index (χ0v) is 13.3. The highest BCUT2D eigenvalue weighted by Crippen LogP contribution is 2.30. The molecule has 0 aliphatic carbocycles. The zero-order chi connectivity index (χ0) is 13.1. The van der Waals surface area contributed by atoms with Gasteiger partial charge in [-0.05, 0) is 48.0 Å². The zero-order valence-electron chi connectivity index (χ0n) is 10.1. The fraction of sp³-hybridized carbons (Fsp3) is 0.600. The molecule has 0 bridgehead atoms. The van der Waals surface area contributed by atoms with Crippen molar-refractivity contribution in [3.05, 3.63) is 15.4 Å². The molecule has 0 aliphatic heterocycles. The van der Waals surface area contributed by atoms with Gasteiger partial charge in [0.2, 0.25) is 10.0 Å². The topological polar surface area (TPSA) is 58.2 Å². The first-order valence-electron chi connectivity index (χ1n) is 5.35. The normalized spacial score (nSPS) is 13.9. The van der Waals surface area contributed by atoms with Crippen LogP contribution in [0.2, 0.25) is 0 Å². The van der Waals surface area contributed by atoms with Gasteiger partial charge in [0.05, 0.1) is 3.79 Å². The van der Waals surface area contributed by atoms with Crippen LogP contribution in [0.3, 0.4) is 0 Å². The summed E-state index contributed by atoms with van der Waals surface area (Å²) in [4.78, 5) is 0. The lowest BCUT2D eigenvalue weighted by atomic mass is 10.3. The Bertz CT molecular complexity index is 451. The van der Waals surface area contributed by atoms with Crippen LogP contribution in [0.5, 0.6) is 0 Å². The third-order valence-electron chi connectivity index (χ3n) is 2.23. The van der Waals surface area contributed by atoms with Gasteiger partial charge < -0.3 is 5.32 Å². The summed E-state index contributed by atoms with van der Waals surface area (Å²) >= 11 is 4.56. The smallest absolute Gasteiger partial charge is 0.250 e. The van der Waals surface area contributed by atoms with Crippen molar-refractivity contribution in [3.63, 3.8) is 0 Å². The van der Waals surface area contributed by atoms with Crippen LogP contribution < -0.4 is 10.0 Å². The third kappa shape index (κ3) is 4.33. The van der Waals surface area contributed by atoms with E-state index in [1.165, 1.54) is 11.3 Å². The Kier molecular flexibility index (Phi) is 5.59. The highest BCUT2D eigenvalue weighted by atomic mass is 79.9. The Morgan fingerprint density at radius 2 is 2.18 bits per heavy atom. The number of thiophene rings is 1. The van der Waals surface area contributed by atoms with Crippen LogP contribution in [-0.2, 0) is 10.0 Å². The van der Waals surface area contributed by atoms with E-state index in [9.17, 15) is 8.42 Å². The summed E-state index contributed by atoms with van der Waals surface area (Å²) in [5.74, 6) is 0. The van der Waals surface area contributed by atoms with Gasteiger partial charge in [-0.25, -0.2) is 13.1 Å². The van der Waals surface area contributed by atoms with E-state index in [0.717, 1.165) is 15.9 Å². The van der Waals surface area contributed by atoms with E-state index in [4.69, 9.17) is 0 Å². The lowest BCUT2D eigenvalue weighted by Gasteiger charge is -2.12. The monoisotopic (exact) mass is 340 g/mol. The molecule has 1 atom stereocenters. The van der Waals surface area contributed by atoms with E-state index in [0.29, 0.717) is 10.8 Å². The van der Waals surface area contributed by atoms with Crippen LogP contribution in [0, 0.1) is 6.92 Å². The van der Waals surface area contributed by atoms with Crippen molar-refractivity contribution in [2.24, 2.45) is 0 Å². The molecule has 0 aliphatic rings. The predicted octanol–water partition coefficient (Wildman–Crippen LogP) is 2.10. The second-order valence-electron chi connectivity index (χ2n) is 3.83. The van der Waals surface area contributed by atoms with Gasteiger partial charge in [-0.15, -0.1) is 11.3 Å². The SMILES string of the molecule is CCN[C@H](C)CNS(=O)(=O)c1cc(C)c(Br)s1. The molecule has 0 saturated heterocycles. The molecule has 1 rings (SSSR count). The molecule has 0 unspecified atom stereocenters. The van der Waals surface area contributed by atoms with Gasteiger partial charge in [0.25, 0.3) is 0 Å². The minimum Gasteiger partial charge on any atom is -0.313 e. The summed E-state index contributed by atoms with van der Waals surface area (Å²) in [6.45, 7) is 7.03. The number of hydrogen-bond donors (Lipinski definition) is 2. The molecule has 0 fully saturated rings. The highest BCUT2D eigenvalue weighted by Gasteiger charge is 2.18. The summed E-state index contributed by atoms with van der Waals surface area (Å²) in [7, 11) is -3.38. The quantitative estimate of drug-likeness (QED) is 0.833. The van der Waals surface area contributed by atoms with Gasteiger partial charge in [0, 0.05) is 12.6 Å². The van der Waals surface area contributed by atoms with Crippen molar-refractivity contribution in [3.8, 4) is 0 Å². The number of halogens is 1. The third-order valence-corrected chi connectivity index (χ3v) is 6.27. The van der Waals surface area contributed by atoms with Crippen LogP contribution in [-0.4, -0.2) is 27.5 Å². The van der Waals surface area contributed by atoms with Crippen LogP contribution in [0.25, 0.3) is 0 Å². The molecule has 4 nitrogen and oxygen atoms in total. The van der Waals surface area contributed by atoms with E-state index < -0.39 is 10.0 Å². The molecule has 0 saturated carbocycles. The number of nitrogens with one attached hydrogen (secondary N) is 2. The summed E-state index contributed by atoms with van der Waals surface area (Å²) in [6.07, 6.45) is 0. The lowest BCUT2D eigenvalue weighted by molar-refractivity contribution is 0.537. The molecular weight excluding hydrogens is 324 g/mol. The first-order chi connectivity index (χ1) is 7.86. The minimum absolute atomic E-state index is 0.124. The molecular formula is C10H17BrN2O2S2. The molecule has 98 valence electrons. The van der Waals surface area contributed by atoms with E-state index >= 15 is 0 Å². The van der Waals surface area contributed by atoms with Gasteiger partial charge in [-0.2, -0.15) is 0 Å². The Balaban J connectivity index is 2.69. The van der Waals surface area contributed by atoms with Gasteiger partial charge in [-0.3, -0.25) is 0 Å². The molecule has 1 heterocycles. The molecule has 0 aromatic carbocycles. The van der Waals surface area contributed by atoms with Crippen LogP contribution >= 0.6 is 27.3 Å². The standard InChI is InChI=1S/C10H17BrN2O2S2/c1-4-12-8(3)6-13-17(14,15)9-5-7(2)10(11)16-9/h5,8,12-13H,4,6H2,1-3H3/t8-/m1/s1. The van der Waals surface area contributed by atoms with E-state index in [1.807, 2.05) is 20.8 Å². The fourth-order valence-electron chi connectivity index (χ4n) is 1.29. The number of hydrogen-bond acceptors (Lipinski definition) is 4. The molecule has 0 spiro atoms. The first kappa shape index (κ1) is 15.1. The van der Waals surface area contributed by atoms with Gasteiger partial charge >= 0.3 is 0 Å². The number of likely N-dealkylation sites (N-methyl/N-ethyl adjacent to an activating group) is 1. The average molecular weight is 341 g/mol. The van der Waals surface area contributed by atoms with Crippen molar-refractivity contribution >= 4 is 37.3 Å². The van der Waals surface area contributed by atoms with E-state index in [2.05, 4.69) is 26.0 Å². The Hall–Kier alpha value is 0.0500. The maximum absolute atomic E-state index is 12.0. The van der Waals surface area contributed by atoms with Crippen molar-refractivity contribution < 1.29 is 8.42 Å². The van der Waals surface area contributed by atoms with E-state index in [-0.39, 0.29) is 6.04 Å². The summed E-state index contributed by atoms with van der Waals surface area (Å²) < 4.78 is 27.7. The van der Waals surface area contributed by atoms with Crippen LogP contribution in [0.4, 0.5) is 0 Å². The molecule has 17 heavy (non-hydrogen) atoms. The Morgan fingerprint density at radius 3 is 2.65 bits per heavy atom. The molecule has 1 aromatic heterocycles. The van der Waals surface area contributed by atoms with Crippen LogP contribution in [0.15, 0.2) is 14.1 Å². The van der Waals surface area contributed by atoms with Crippen molar-refractivity contribution in [2.45, 2.75) is 31.0 Å². The second-order valence-corrected chi connectivity index (χ2v) is 8.20. The molecule has 1 aromatic rings. The van der Waals surface area contributed by atoms with Gasteiger partial charge in [-0.1, -0.05) is 6.92 Å². The van der Waals surface area contributed by atoms with Crippen molar-refractivity contribution in [1.82, 2.24) is 10.0 Å². The number of sulfonamides is 1. The highest BCUT2D eigenvalue weighted by molar-refractivity contribution is 9.11. The van der Waals surface area contributed by atoms with Crippen LogP contribution in [0.1, 0.15) is 19.4 Å². The lowest BCUT2D eigenvalue weighted by Crippen LogP contribution is -2.38. The number of aryl methyl sites for hydroxylation is 1. The molecule has 2 N–H and O–H groups in total. The van der Waals surface area contributed by atoms with Crippen molar-refractivity contribution in [1.29, 1.82) is 0 Å². The number of rotatable bonds is 6. The largest absolute Gasteiger partial charge is 0.313 e. The second kappa shape index (κ2) is 6.29. The summed E-state index contributed by atoms with van der Waals surface area (Å²) in [5.41, 5.74) is 0.940. The fourth-order valence-corrected chi connectivity index (χ4v) is 4.69. The van der Waals surface area contributed by atoms with Gasteiger partial charge in [0.15, 0.2) is 0 Å². The first-order valence-corrected chi connectivity index (χ1v) is 8.45. The van der Waals surface area contributed by atoms with Crippen molar-refractivity contribution in [2.75, 3.05) is 13.1 Å². The maximum atomic E-state index is 12.0. The maximum Gasteiger partial charge on any atom is 0.250 e. The predicted molar refractivity (Wildman–Crippen MR) is 75.1 cm³/mol. The Morgan fingerprint density at radius 1 is 1.53 bits per heavy atom. The molecule has 7 heteroatoms. The van der Waals surface area contributed by atoms with Gasteiger partial charge in [0.1, 0.15) is 4.21 Å².